The fraction of sp³-hybridized carbons (Fsp3) is 0.556. The van der Waals surface area contributed by atoms with Gasteiger partial charge in [0.1, 0.15) is 0 Å². The van der Waals surface area contributed by atoms with Crippen molar-refractivity contribution in [1.82, 2.24) is 15.1 Å². The van der Waals surface area contributed by atoms with E-state index in [0.29, 0.717) is 5.92 Å². The molecule has 1 N–H and O–H groups in total. The Morgan fingerprint density at radius 2 is 1.83 bits per heavy atom. The second-order valence-corrected chi connectivity index (χ2v) is 6.47. The first kappa shape index (κ1) is 15.8. The first-order valence-corrected chi connectivity index (χ1v) is 8.55. The highest BCUT2D eigenvalue weighted by Gasteiger charge is 2.25. The van der Waals surface area contributed by atoms with E-state index in [9.17, 15) is 9.59 Å². The Bertz CT molecular complexity index is 581. The van der Waals surface area contributed by atoms with Gasteiger partial charge in [-0.1, -0.05) is 12.1 Å². The van der Waals surface area contributed by atoms with Gasteiger partial charge in [0.05, 0.1) is 0 Å². The number of likely N-dealkylation sites (tertiary alicyclic amines) is 2. The molecule has 1 aromatic carbocycles. The Kier molecular flexibility index (Phi) is 4.84. The van der Waals surface area contributed by atoms with Gasteiger partial charge in [0.25, 0.3) is 5.91 Å². The van der Waals surface area contributed by atoms with Gasteiger partial charge in [-0.05, 0) is 43.4 Å². The number of carbonyl (C=O) groups excluding carboxylic acids is 2. The molecule has 2 aliphatic rings. The molecule has 0 aliphatic carbocycles. The van der Waals surface area contributed by atoms with E-state index in [4.69, 9.17) is 0 Å². The molecule has 0 radical (unpaired) electrons. The van der Waals surface area contributed by atoms with Crippen LogP contribution < -0.4 is 5.32 Å². The quantitative estimate of drug-likeness (QED) is 0.911. The zero-order chi connectivity index (χ0) is 16.2. The van der Waals surface area contributed by atoms with E-state index in [1.165, 1.54) is 5.56 Å². The number of urea groups is 1. The van der Waals surface area contributed by atoms with Crippen LogP contribution >= 0.6 is 0 Å². The molecule has 2 aliphatic heterocycles. The lowest BCUT2D eigenvalue weighted by Crippen LogP contribution is -2.43. The normalized spacial score (nSPS) is 21.3. The van der Waals surface area contributed by atoms with Crippen LogP contribution in [0.4, 0.5) is 4.79 Å². The van der Waals surface area contributed by atoms with E-state index >= 15 is 0 Å². The molecular weight excluding hydrogens is 290 g/mol. The molecule has 0 aromatic heterocycles. The van der Waals surface area contributed by atoms with E-state index in [1.807, 2.05) is 28.0 Å². The van der Waals surface area contributed by atoms with Crippen LogP contribution in [-0.2, 0) is 0 Å². The van der Waals surface area contributed by atoms with Crippen LogP contribution in [0.1, 0.15) is 47.5 Å². The summed E-state index contributed by atoms with van der Waals surface area (Å²) in [5, 5.41) is 2.70. The lowest BCUT2D eigenvalue weighted by Gasteiger charge is -2.32. The fourth-order valence-electron chi connectivity index (χ4n) is 3.62. The Morgan fingerprint density at radius 1 is 1.09 bits per heavy atom. The van der Waals surface area contributed by atoms with Crippen molar-refractivity contribution in [3.05, 3.63) is 35.4 Å². The van der Waals surface area contributed by atoms with Crippen molar-refractivity contribution >= 4 is 11.9 Å². The third kappa shape index (κ3) is 3.49. The van der Waals surface area contributed by atoms with Crippen molar-refractivity contribution in [2.45, 2.75) is 31.6 Å². The maximum absolute atomic E-state index is 12.6. The van der Waals surface area contributed by atoms with Crippen LogP contribution in [-0.4, -0.2) is 55.0 Å². The molecule has 5 heteroatoms. The smallest absolute Gasteiger partial charge is 0.317 e. The van der Waals surface area contributed by atoms with Crippen LogP contribution in [0.3, 0.4) is 0 Å². The van der Waals surface area contributed by atoms with Crippen LogP contribution in [0.25, 0.3) is 0 Å². The maximum atomic E-state index is 12.6. The summed E-state index contributed by atoms with van der Waals surface area (Å²) in [6.45, 7) is 3.28. The van der Waals surface area contributed by atoms with E-state index in [2.05, 4.69) is 11.4 Å². The number of nitrogens with one attached hydrogen (secondary N) is 1. The zero-order valence-electron chi connectivity index (χ0n) is 13.8. The molecule has 3 amide bonds. The van der Waals surface area contributed by atoms with Gasteiger partial charge < -0.3 is 15.1 Å². The predicted octanol–water partition coefficient (Wildman–Crippen LogP) is 2.44. The number of piperidine rings is 1. The number of carbonyl (C=O) groups is 2. The van der Waals surface area contributed by atoms with Crippen molar-refractivity contribution in [3.8, 4) is 0 Å². The molecule has 1 atom stereocenters. The molecule has 0 unspecified atom stereocenters. The standard InChI is InChI=1S/C18H25N3O2/c1-19-18(23)21-11-5-8-16(13-21)14-6-4-7-15(12-14)17(22)20-9-2-3-10-20/h4,6-7,12,16H,2-3,5,8-11,13H2,1H3,(H,19,23)/t16-/m1/s1. The summed E-state index contributed by atoms with van der Waals surface area (Å²) >= 11 is 0. The number of benzene rings is 1. The van der Waals surface area contributed by atoms with Gasteiger partial charge >= 0.3 is 6.03 Å². The van der Waals surface area contributed by atoms with Crippen molar-refractivity contribution in [3.63, 3.8) is 0 Å². The van der Waals surface area contributed by atoms with Crippen molar-refractivity contribution in [2.75, 3.05) is 33.2 Å². The molecule has 23 heavy (non-hydrogen) atoms. The van der Waals surface area contributed by atoms with E-state index in [1.54, 1.807) is 7.05 Å². The zero-order valence-corrected chi connectivity index (χ0v) is 13.8. The minimum Gasteiger partial charge on any atom is -0.341 e. The van der Waals surface area contributed by atoms with Crippen LogP contribution in [0.2, 0.25) is 0 Å². The van der Waals surface area contributed by atoms with Gasteiger partial charge in [-0.25, -0.2) is 4.79 Å². The summed E-state index contributed by atoms with van der Waals surface area (Å²) in [5.74, 6) is 0.454. The number of hydrogen-bond acceptors (Lipinski definition) is 2. The minimum absolute atomic E-state index is 0.0148. The molecule has 1 aromatic rings. The highest BCUT2D eigenvalue weighted by molar-refractivity contribution is 5.94. The molecule has 2 heterocycles. The Labute approximate surface area is 137 Å². The van der Waals surface area contributed by atoms with Gasteiger partial charge in [0.2, 0.25) is 0 Å². The van der Waals surface area contributed by atoms with Gasteiger partial charge in [0, 0.05) is 44.7 Å². The summed E-state index contributed by atoms with van der Waals surface area (Å²) in [6, 6.07) is 7.97. The minimum atomic E-state index is -0.0148. The van der Waals surface area contributed by atoms with Crippen molar-refractivity contribution in [1.29, 1.82) is 0 Å². The van der Waals surface area contributed by atoms with Crippen LogP contribution in [0, 0.1) is 0 Å². The van der Waals surface area contributed by atoms with Gasteiger partial charge in [-0.2, -0.15) is 0 Å². The van der Waals surface area contributed by atoms with Crippen LogP contribution in [0.5, 0.6) is 0 Å². The lowest BCUT2D eigenvalue weighted by atomic mass is 9.89. The third-order valence-corrected chi connectivity index (χ3v) is 4.92. The molecule has 5 nitrogen and oxygen atoms in total. The first-order chi connectivity index (χ1) is 11.2. The van der Waals surface area contributed by atoms with E-state index in [0.717, 1.165) is 57.4 Å². The monoisotopic (exact) mass is 315 g/mol. The Balaban J connectivity index is 1.74. The maximum Gasteiger partial charge on any atom is 0.317 e. The van der Waals surface area contributed by atoms with E-state index < -0.39 is 0 Å². The Morgan fingerprint density at radius 3 is 2.57 bits per heavy atom. The van der Waals surface area contributed by atoms with Crippen molar-refractivity contribution in [2.24, 2.45) is 0 Å². The summed E-state index contributed by atoms with van der Waals surface area (Å²) in [5.41, 5.74) is 1.95. The SMILES string of the molecule is CNC(=O)N1CCC[C@@H](c2cccc(C(=O)N3CCCC3)c2)C1. The number of amides is 3. The molecule has 0 spiro atoms. The molecular formula is C18H25N3O2. The lowest BCUT2D eigenvalue weighted by molar-refractivity contribution is 0.0792. The second-order valence-electron chi connectivity index (χ2n) is 6.47. The fourth-order valence-corrected chi connectivity index (χ4v) is 3.62. The summed E-state index contributed by atoms with van der Waals surface area (Å²) in [6.07, 6.45) is 4.28. The average Bonchev–Trinajstić information content (AvgIpc) is 3.15. The molecule has 0 saturated carbocycles. The summed E-state index contributed by atoms with van der Waals surface area (Å²) in [7, 11) is 1.67. The Hall–Kier alpha value is -2.04. The molecule has 2 saturated heterocycles. The molecule has 124 valence electrons. The largest absolute Gasteiger partial charge is 0.341 e. The van der Waals surface area contributed by atoms with Crippen molar-refractivity contribution < 1.29 is 9.59 Å². The van der Waals surface area contributed by atoms with Gasteiger partial charge in [-0.3, -0.25) is 4.79 Å². The molecule has 0 bridgehead atoms. The molecule has 2 fully saturated rings. The number of nitrogens with zero attached hydrogens (tertiary/aromatic N) is 2. The van der Waals surface area contributed by atoms with Gasteiger partial charge in [0.15, 0.2) is 0 Å². The van der Waals surface area contributed by atoms with E-state index in [-0.39, 0.29) is 11.9 Å². The topological polar surface area (TPSA) is 52.7 Å². The second kappa shape index (κ2) is 7.02. The number of hydrogen-bond donors (Lipinski definition) is 1. The predicted molar refractivity (Wildman–Crippen MR) is 89.6 cm³/mol. The van der Waals surface area contributed by atoms with Crippen LogP contribution in [0.15, 0.2) is 24.3 Å². The third-order valence-electron chi connectivity index (χ3n) is 4.92. The summed E-state index contributed by atoms with van der Waals surface area (Å²) in [4.78, 5) is 28.2. The average molecular weight is 315 g/mol. The van der Waals surface area contributed by atoms with Gasteiger partial charge in [-0.15, -0.1) is 0 Å². The highest BCUT2D eigenvalue weighted by Crippen LogP contribution is 2.28. The number of rotatable bonds is 2. The first-order valence-electron chi connectivity index (χ1n) is 8.55. The summed E-state index contributed by atoms with van der Waals surface area (Å²) < 4.78 is 0. The highest BCUT2D eigenvalue weighted by atomic mass is 16.2. The molecule has 3 rings (SSSR count).